The van der Waals surface area contributed by atoms with E-state index >= 15 is 4.79 Å². The Morgan fingerprint density at radius 1 is 0.674 bits per heavy atom. The number of anilines is 2. The minimum absolute atomic E-state index is 0.00816. The maximum absolute atomic E-state index is 15.1. The largest absolute Gasteiger partial charge is 0.508 e. The Morgan fingerprint density at radius 3 is 1.91 bits per heavy atom. The number of nitrogens with two attached hydrogens (primary N) is 1. The molecule has 0 spiro atoms. The molecule has 4 unspecified atom stereocenters. The van der Waals surface area contributed by atoms with E-state index in [1.54, 1.807) is 17.5 Å². The molecule has 0 bridgehead atoms. The van der Waals surface area contributed by atoms with Gasteiger partial charge in [0.2, 0.25) is 23.7 Å². The number of aromatic nitrogens is 5. The van der Waals surface area contributed by atoms with Crippen LogP contribution >= 0.6 is 32.9 Å². The number of phenolic OH excluding ortho intramolecular Hbond substituents is 1. The van der Waals surface area contributed by atoms with Crippen LogP contribution in [-0.2, 0) is 75.2 Å². The number of aromatic amines is 1. The fourth-order valence-corrected chi connectivity index (χ4v) is 17.8. The van der Waals surface area contributed by atoms with Crippen molar-refractivity contribution in [3.63, 3.8) is 0 Å². The number of H-pyrrole nitrogens is 1. The quantitative estimate of drug-likeness (QED) is 0.0113. The van der Waals surface area contributed by atoms with E-state index in [1.807, 2.05) is 53.9 Å². The van der Waals surface area contributed by atoms with Crippen LogP contribution in [0.1, 0.15) is 181 Å². The summed E-state index contributed by atoms with van der Waals surface area (Å²) in [6, 6.07) is 4.55. The molecule has 19 atom stereocenters. The third-order valence-corrected chi connectivity index (χ3v) is 26.3. The average molecular weight is 1910 g/mol. The molecule has 1 saturated heterocycles. The molecule has 22 N–H and O–H groups in total. The van der Waals surface area contributed by atoms with E-state index in [0.29, 0.717) is 41.2 Å². The highest BCUT2D eigenvalue weighted by Crippen LogP contribution is 2.39. The summed E-state index contributed by atoms with van der Waals surface area (Å²) in [6.07, 6.45) is -15.3. The topological polar surface area (TPSA) is 698 Å². The van der Waals surface area contributed by atoms with Crippen LogP contribution in [0.2, 0.25) is 0 Å². The molecule has 0 saturated carbocycles. The second kappa shape index (κ2) is 54.4. The summed E-state index contributed by atoms with van der Waals surface area (Å²) in [5, 5.41) is 139. The zero-order valence-electron chi connectivity index (χ0n) is 74.4. The molecular formula is C86H122N14O29S3. The Bertz CT molecular complexity index is 4780. The van der Waals surface area contributed by atoms with Crippen LogP contribution in [0.3, 0.4) is 0 Å². The van der Waals surface area contributed by atoms with Gasteiger partial charge >= 0.3 is 30.0 Å². The van der Waals surface area contributed by atoms with Crippen molar-refractivity contribution in [3.05, 3.63) is 98.0 Å². The zero-order chi connectivity index (χ0) is 97.9. The number of rotatable bonds is 58. The number of carbonyl (C=O) groups is 14. The number of phenols is 1. The van der Waals surface area contributed by atoms with E-state index in [1.165, 1.54) is 60.9 Å². The number of ketones is 4. The van der Waals surface area contributed by atoms with Gasteiger partial charge in [0, 0.05) is 84.0 Å². The van der Waals surface area contributed by atoms with E-state index in [9.17, 15) is 128 Å². The first kappa shape index (κ1) is 110. The van der Waals surface area contributed by atoms with Crippen molar-refractivity contribution in [2.24, 2.45) is 47.3 Å². The van der Waals surface area contributed by atoms with Gasteiger partial charge in [-0.25, -0.2) is 34.8 Å². The number of thiazole rings is 1. The number of carboxylic acid groups (broad SMARTS) is 3. The molecular weight excluding hydrogens is 1790 g/mol. The Hall–Kier alpha value is -10.8. The second-order valence-electron chi connectivity index (χ2n) is 33.2. The van der Waals surface area contributed by atoms with Crippen molar-refractivity contribution >= 4 is 138 Å². The van der Waals surface area contributed by atoms with Crippen LogP contribution in [0, 0.1) is 47.3 Å². The number of carboxylic acids is 3. The number of nitrogen functional groups attached to an aromatic ring is 1. The molecule has 132 heavy (non-hydrogen) atoms. The summed E-state index contributed by atoms with van der Waals surface area (Å²) in [5.74, 6) is -22.4. The Balaban J connectivity index is 1.03. The number of Topliss-reactive ketones (excluding diaryl/α,β-unsaturated/α-hetero) is 4. The SMILES string of the molecule is CCCC(=O)OCC(C(=O)[C@@H](CC(=O)[C@H]1CCCCN1C)C(C)CC)[C@H](C[C@@H](C)c1nc(C(=O)N[C@@H](Cc2ccc(O)cc2)C[C@H](C)C(=O)NNC(=O)OCCSSC[C@@H](NC(=O)C(CC(=O)[C@H](CC(=O)O)NC(=O)C(CC(=O)CC[C@H](NC(=O)c2ccc(NCc3cnc4nc(N)[nH]c(=O)c4n3)cc2)C(=O)O)[C@@H](O)[C@H](O)[C@H](O)CO)[C@@H](O)[C@H](O)[C@H](O)CO)C(=O)O)cs1)C(C)C. The first-order valence-electron chi connectivity index (χ1n) is 43.2. The number of aromatic hydroxyl groups is 1. The Kier molecular flexibility index (Phi) is 45.3. The van der Waals surface area contributed by atoms with Crippen LogP contribution < -0.4 is 48.7 Å². The third kappa shape index (κ3) is 34.4. The van der Waals surface area contributed by atoms with Crippen LogP contribution in [-0.4, -0.2) is 292 Å². The molecule has 3 aromatic heterocycles. The molecule has 6 amide bonds. The van der Waals surface area contributed by atoms with Gasteiger partial charge in [-0.2, -0.15) is 4.98 Å². The maximum atomic E-state index is 15.1. The number of nitrogens with one attached hydrogen (secondary N) is 8. The molecule has 5 aromatic rings. The van der Waals surface area contributed by atoms with Gasteiger partial charge < -0.3 is 103 Å². The van der Waals surface area contributed by atoms with Crippen molar-refractivity contribution in [2.75, 3.05) is 62.6 Å². The average Bonchev–Trinajstić information content (AvgIpc) is 1.57. The van der Waals surface area contributed by atoms with Crippen molar-refractivity contribution in [3.8, 4) is 5.75 Å². The van der Waals surface area contributed by atoms with Gasteiger partial charge in [-0.3, -0.25) is 72.8 Å². The van der Waals surface area contributed by atoms with E-state index < -0.39 is 218 Å². The number of aliphatic carboxylic acids is 3. The summed E-state index contributed by atoms with van der Waals surface area (Å²) >= 11 is 1.24. The van der Waals surface area contributed by atoms with E-state index in [4.69, 9.17) is 20.2 Å². The number of hydrogen-bond acceptors (Lipinski definition) is 36. The highest BCUT2D eigenvalue weighted by Gasteiger charge is 2.45. The van der Waals surface area contributed by atoms with E-state index in [-0.39, 0.29) is 127 Å². The molecule has 43 nitrogen and oxygen atoms in total. The molecule has 728 valence electrons. The number of likely N-dealkylation sites (N-methyl/N-ethyl adjacent to an activating group) is 1. The Morgan fingerprint density at radius 2 is 1.31 bits per heavy atom. The van der Waals surface area contributed by atoms with Gasteiger partial charge in [-0.05, 0) is 118 Å². The van der Waals surface area contributed by atoms with Crippen molar-refractivity contribution in [1.82, 2.24) is 61.9 Å². The highest BCUT2D eigenvalue weighted by molar-refractivity contribution is 8.76. The molecule has 6 rings (SSSR count). The standard InChI is InChI=1S/C86H122N14O29S3/c1-9-13-68(111)129-39-57(70(112)54(43(5)10-2)32-64(106)62-14-11-12-25-100(62)8)53(42(3)4)29-45(7)82-95-60(40-130-82)80(121)91-49(30-46-15-21-51(103)22-16-46)28-44(6)76(117)98-99-86(127)128-26-27-131-132-41-61(84(125)126)94-79(120)56(72(114)74(116)66(108)38-102)33-63(105)59(34-67(109)110)93-78(119)55(71(113)73(115)65(107)37-101)31-52(104)23-24-58(83(123)124)92-77(118)47-17-19-48(20-18-47)88-35-50-36-89-75-69(90-50)81(122)97-85(87)96-75/h15-22,36,40,42-45,49,53-59,61-62,65-66,71-74,88,101-103,107-108,113-116H,9-14,23-35,37-39,41H2,1-8H3,(H,91,121)(H,92,118)(H,93,119)(H,94,120)(H,98,117)(H,99,127)(H,109,110)(H,123,124)(H,125,126)(H3,87,89,96,97,122)/t43?,44-,45+,49+,53+,54-,55?,56?,57?,58-,59-,61+,62+,65+,66+,71+,72+,73+,74+/m0/s1. The normalized spacial score (nSPS) is 17.0. The van der Waals surface area contributed by atoms with Gasteiger partial charge in [-0.15, -0.1) is 11.3 Å². The summed E-state index contributed by atoms with van der Waals surface area (Å²) < 4.78 is 11.0. The van der Waals surface area contributed by atoms with Gasteiger partial charge in [0.15, 0.2) is 22.7 Å². The smallest absolute Gasteiger partial charge is 0.426 e. The van der Waals surface area contributed by atoms with Crippen LogP contribution in [0.4, 0.5) is 16.4 Å². The molecule has 2 aromatic carbocycles. The number of hydrazine groups is 1. The van der Waals surface area contributed by atoms with Gasteiger partial charge in [0.05, 0.1) is 85.1 Å². The molecule has 1 fully saturated rings. The number of aliphatic hydroxyl groups excluding tert-OH is 8. The number of piperidine rings is 1. The number of nitrogens with zero attached hydrogens (tertiary/aromatic N) is 5. The number of fused-ring (bicyclic) bond motifs is 1. The number of hydrogen-bond donors (Lipinski definition) is 21. The lowest BCUT2D eigenvalue weighted by Crippen LogP contribution is -2.55. The predicted octanol–water partition coefficient (Wildman–Crippen LogP) is 1.47. The lowest BCUT2D eigenvalue weighted by Gasteiger charge is -2.36. The van der Waals surface area contributed by atoms with Crippen LogP contribution in [0.15, 0.2) is 64.9 Å². The summed E-state index contributed by atoms with van der Waals surface area (Å²) in [7, 11) is 3.59. The second-order valence-corrected chi connectivity index (χ2v) is 36.7. The molecule has 0 radical (unpaired) electrons. The number of aliphatic hydroxyl groups is 8. The lowest BCUT2D eigenvalue weighted by molar-refractivity contribution is -0.150. The lowest BCUT2D eigenvalue weighted by atomic mass is 9.70. The molecule has 1 aliphatic heterocycles. The zero-order valence-corrected chi connectivity index (χ0v) is 76.9. The van der Waals surface area contributed by atoms with Crippen molar-refractivity contribution in [1.29, 1.82) is 0 Å². The minimum atomic E-state index is -2.60. The van der Waals surface area contributed by atoms with Gasteiger partial charge in [0.1, 0.15) is 72.7 Å². The van der Waals surface area contributed by atoms with Crippen LogP contribution in [0.25, 0.3) is 11.2 Å². The number of carbonyl (C=O) groups excluding carboxylic acids is 11. The van der Waals surface area contributed by atoms with Gasteiger partial charge in [0.25, 0.3) is 17.4 Å². The highest BCUT2D eigenvalue weighted by atomic mass is 33.1. The number of esters is 1. The number of ether oxygens (including phenoxy) is 2. The monoisotopic (exact) mass is 1910 g/mol. The summed E-state index contributed by atoms with van der Waals surface area (Å²) in [4.78, 5) is 223. The molecule has 4 heterocycles. The minimum Gasteiger partial charge on any atom is -0.508 e. The molecule has 0 aliphatic carbocycles. The van der Waals surface area contributed by atoms with Crippen molar-refractivity contribution < 1.29 is 138 Å². The van der Waals surface area contributed by atoms with E-state index in [0.717, 1.165) is 47.4 Å². The summed E-state index contributed by atoms with van der Waals surface area (Å²) in [5.41, 5.74) is 10.7. The molecule has 1 aliphatic rings. The first-order chi connectivity index (χ1) is 62.5. The third-order valence-electron chi connectivity index (χ3n) is 22.9. The Labute approximate surface area is 771 Å². The molecule has 46 heteroatoms. The number of benzene rings is 2. The van der Waals surface area contributed by atoms with Gasteiger partial charge in [-0.1, -0.05) is 95.0 Å². The number of amides is 6. The van der Waals surface area contributed by atoms with E-state index in [2.05, 4.69) is 57.0 Å². The van der Waals surface area contributed by atoms with Crippen molar-refractivity contribution in [2.45, 2.75) is 224 Å². The number of likely N-dealkylation sites (tertiary alicyclic amines) is 1. The predicted molar refractivity (Wildman–Crippen MR) is 480 cm³/mol. The first-order valence-corrected chi connectivity index (χ1v) is 46.6. The van der Waals surface area contributed by atoms with Crippen LogP contribution in [0.5, 0.6) is 5.75 Å². The fraction of sp³-hybridized carbons (Fsp3) is 0.593. The fourth-order valence-electron chi connectivity index (χ4n) is 14.9. The maximum Gasteiger partial charge on any atom is 0.426 e. The summed E-state index contributed by atoms with van der Waals surface area (Å²) in [6.45, 7) is 11.0.